The number of benzene rings is 3. The van der Waals surface area contributed by atoms with Gasteiger partial charge in [0.05, 0.1) is 15.5 Å². The predicted octanol–water partition coefficient (Wildman–Crippen LogP) is 3.71. The van der Waals surface area contributed by atoms with Gasteiger partial charge in [-0.3, -0.25) is 9.59 Å². The Hall–Kier alpha value is -3.36. The minimum Gasteiger partial charge on any atom is -0.368 e. The second kappa shape index (κ2) is 10.3. The summed E-state index contributed by atoms with van der Waals surface area (Å²) in [6, 6.07) is 22.2. The van der Waals surface area contributed by atoms with E-state index in [0.29, 0.717) is 42.5 Å². The maximum absolute atomic E-state index is 12.7. The van der Waals surface area contributed by atoms with Crippen molar-refractivity contribution in [3.8, 4) is 0 Å². The van der Waals surface area contributed by atoms with E-state index in [1.54, 1.807) is 59.5 Å². The summed E-state index contributed by atoms with van der Waals surface area (Å²) in [6.07, 6.45) is 0. The molecular weight excluding hydrogens is 474 g/mol. The Kier molecular flexibility index (Phi) is 7.19. The van der Waals surface area contributed by atoms with Gasteiger partial charge in [-0.25, -0.2) is 8.42 Å². The lowest BCUT2D eigenvalue weighted by Crippen LogP contribution is -2.48. The smallest absolute Gasteiger partial charge is 0.255 e. The Balaban J connectivity index is 1.31. The van der Waals surface area contributed by atoms with Crippen molar-refractivity contribution in [1.82, 2.24) is 4.90 Å². The van der Waals surface area contributed by atoms with Gasteiger partial charge in [0.2, 0.25) is 5.91 Å². The number of halogens is 1. The lowest BCUT2D eigenvalue weighted by molar-refractivity contribution is -0.113. The molecule has 7 nitrogen and oxygen atoms in total. The molecule has 4 rings (SSSR count). The number of anilines is 2. The van der Waals surface area contributed by atoms with Gasteiger partial charge in [0.25, 0.3) is 5.91 Å². The molecule has 0 bridgehead atoms. The Morgan fingerprint density at radius 3 is 2.09 bits per heavy atom. The van der Waals surface area contributed by atoms with E-state index in [9.17, 15) is 18.0 Å². The molecule has 1 fully saturated rings. The topological polar surface area (TPSA) is 86.8 Å². The quantitative estimate of drug-likeness (QED) is 0.561. The predicted molar refractivity (Wildman–Crippen MR) is 133 cm³/mol. The van der Waals surface area contributed by atoms with Gasteiger partial charge in [0, 0.05) is 37.6 Å². The largest absolute Gasteiger partial charge is 0.368 e. The van der Waals surface area contributed by atoms with Gasteiger partial charge in [-0.05, 0) is 48.5 Å². The van der Waals surface area contributed by atoms with Crippen LogP contribution in [0.25, 0.3) is 0 Å². The van der Waals surface area contributed by atoms with Crippen LogP contribution in [-0.2, 0) is 14.6 Å². The highest BCUT2D eigenvalue weighted by Crippen LogP contribution is 2.22. The van der Waals surface area contributed by atoms with E-state index >= 15 is 0 Å². The summed E-state index contributed by atoms with van der Waals surface area (Å²) in [6.45, 7) is 2.47. The standard InChI is InChI=1S/C25H24ClN3O4S/c26-23-9-5-4-8-22(23)25(31)29-16-14-28(15-17-29)20-12-10-19(11-13-20)27-24(30)18-34(32,33)21-6-2-1-3-7-21/h1-13H,14-18H2,(H,27,30). The van der Waals surface area contributed by atoms with E-state index in [1.807, 2.05) is 12.1 Å². The van der Waals surface area contributed by atoms with Gasteiger partial charge in [0.1, 0.15) is 5.75 Å². The van der Waals surface area contributed by atoms with Crippen LogP contribution in [0.5, 0.6) is 0 Å². The van der Waals surface area contributed by atoms with Crippen molar-refractivity contribution in [1.29, 1.82) is 0 Å². The summed E-state index contributed by atoms with van der Waals surface area (Å²) in [5.74, 6) is -1.29. The van der Waals surface area contributed by atoms with Crippen molar-refractivity contribution in [3.05, 3.63) is 89.4 Å². The SMILES string of the molecule is O=C(CS(=O)(=O)c1ccccc1)Nc1ccc(N2CCN(C(=O)c3ccccc3Cl)CC2)cc1. The highest BCUT2D eigenvalue weighted by Gasteiger charge is 2.24. The maximum atomic E-state index is 12.7. The number of rotatable bonds is 6. The van der Waals surface area contributed by atoms with Crippen LogP contribution in [0, 0.1) is 0 Å². The number of piperazine rings is 1. The minimum atomic E-state index is -3.70. The first kappa shape index (κ1) is 23.8. The molecule has 0 saturated carbocycles. The molecule has 0 radical (unpaired) electrons. The zero-order chi connectivity index (χ0) is 24.1. The van der Waals surface area contributed by atoms with E-state index in [0.717, 1.165) is 5.69 Å². The molecule has 1 aliphatic heterocycles. The molecule has 1 heterocycles. The van der Waals surface area contributed by atoms with Crippen LogP contribution in [0.2, 0.25) is 5.02 Å². The van der Waals surface area contributed by atoms with E-state index in [1.165, 1.54) is 12.1 Å². The zero-order valence-corrected chi connectivity index (χ0v) is 19.9. The Bertz CT molecular complexity index is 1270. The number of carbonyl (C=O) groups is 2. The molecule has 0 aromatic heterocycles. The van der Waals surface area contributed by atoms with Crippen molar-refractivity contribution in [2.75, 3.05) is 42.1 Å². The van der Waals surface area contributed by atoms with Crippen molar-refractivity contribution in [2.24, 2.45) is 0 Å². The summed E-state index contributed by atoms with van der Waals surface area (Å²) in [4.78, 5) is 29.1. The first-order chi connectivity index (χ1) is 16.3. The zero-order valence-electron chi connectivity index (χ0n) is 18.4. The molecule has 0 spiro atoms. The molecule has 1 aliphatic rings. The number of sulfone groups is 1. The lowest BCUT2D eigenvalue weighted by Gasteiger charge is -2.36. The van der Waals surface area contributed by atoms with Crippen LogP contribution in [0.3, 0.4) is 0 Å². The summed E-state index contributed by atoms with van der Waals surface area (Å²) in [5, 5.41) is 3.09. The highest BCUT2D eigenvalue weighted by atomic mass is 35.5. The number of carbonyl (C=O) groups excluding carboxylic acids is 2. The van der Waals surface area contributed by atoms with Gasteiger partial charge < -0.3 is 15.1 Å². The van der Waals surface area contributed by atoms with Crippen molar-refractivity contribution in [3.63, 3.8) is 0 Å². The fourth-order valence-electron chi connectivity index (χ4n) is 3.81. The average Bonchev–Trinajstić information content (AvgIpc) is 2.85. The highest BCUT2D eigenvalue weighted by molar-refractivity contribution is 7.92. The van der Waals surface area contributed by atoms with Crippen molar-refractivity contribution < 1.29 is 18.0 Å². The van der Waals surface area contributed by atoms with Gasteiger partial charge in [-0.15, -0.1) is 0 Å². The number of hydrogen-bond donors (Lipinski definition) is 1. The Morgan fingerprint density at radius 2 is 1.44 bits per heavy atom. The lowest BCUT2D eigenvalue weighted by atomic mass is 10.1. The van der Waals surface area contributed by atoms with E-state index in [-0.39, 0.29) is 10.8 Å². The summed E-state index contributed by atoms with van der Waals surface area (Å²) < 4.78 is 24.7. The molecule has 3 aromatic rings. The molecule has 176 valence electrons. The third-order valence-corrected chi connectivity index (χ3v) is 7.57. The third-order valence-electron chi connectivity index (χ3n) is 5.61. The number of nitrogens with zero attached hydrogens (tertiary/aromatic N) is 2. The Morgan fingerprint density at radius 1 is 0.824 bits per heavy atom. The van der Waals surface area contributed by atoms with Crippen LogP contribution in [-0.4, -0.2) is 57.1 Å². The molecule has 0 aliphatic carbocycles. The fourth-order valence-corrected chi connectivity index (χ4v) is 5.18. The first-order valence-corrected chi connectivity index (χ1v) is 12.8. The van der Waals surface area contributed by atoms with E-state index in [2.05, 4.69) is 10.2 Å². The van der Waals surface area contributed by atoms with Gasteiger partial charge in [-0.1, -0.05) is 41.9 Å². The summed E-state index contributed by atoms with van der Waals surface area (Å²) in [7, 11) is -3.70. The van der Waals surface area contributed by atoms with Crippen LogP contribution in [0.15, 0.2) is 83.8 Å². The van der Waals surface area contributed by atoms with Crippen LogP contribution < -0.4 is 10.2 Å². The molecule has 34 heavy (non-hydrogen) atoms. The summed E-state index contributed by atoms with van der Waals surface area (Å²) >= 11 is 6.16. The summed E-state index contributed by atoms with van der Waals surface area (Å²) in [5.41, 5.74) is 1.98. The maximum Gasteiger partial charge on any atom is 0.255 e. The molecular formula is C25H24ClN3O4S. The second-order valence-corrected chi connectivity index (χ2v) is 10.3. The number of hydrogen-bond acceptors (Lipinski definition) is 5. The average molecular weight is 498 g/mol. The fraction of sp³-hybridized carbons (Fsp3) is 0.200. The van der Waals surface area contributed by atoms with Gasteiger partial charge >= 0.3 is 0 Å². The van der Waals surface area contributed by atoms with Crippen LogP contribution in [0.1, 0.15) is 10.4 Å². The minimum absolute atomic E-state index is 0.0752. The molecule has 1 N–H and O–H groups in total. The molecule has 9 heteroatoms. The van der Waals surface area contributed by atoms with E-state index in [4.69, 9.17) is 11.6 Å². The van der Waals surface area contributed by atoms with Crippen LogP contribution >= 0.6 is 11.6 Å². The number of nitrogens with one attached hydrogen (secondary N) is 1. The van der Waals surface area contributed by atoms with E-state index < -0.39 is 21.5 Å². The normalized spacial score (nSPS) is 14.0. The number of amides is 2. The van der Waals surface area contributed by atoms with Crippen LogP contribution in [0.4, 0.5) is 11.4 Å². The monoisotopic (exact) mass is 497 g/mol. The third kappa shape index (κ3) is 5.58. The second-order valence-electron chi connectivity index (χ2n) is 7.93. The van der Waals surface area contributed by atoms with Gasteiger partial charge in [0.15, 0.2) is 9.84 Å². The van der Waals surface area contributed by atoms with Crippen molar-refractivity contribution >= 4 is 44.6 Å². The molecule has 2 amide bonds. The Labute approximate surface area is 203 Å². The molecule has 1 saturated heterocycles. The van der Waals surface area contributed by atoms with Crippen molar-refractivity contribution in [2.45, 2.75) is 4.90 Å². The first-order valence-electron chi connectivity index (χ1n) is 10.8. The van der Waals surface area contributed by atoms with Gasteiger partial charge in [-0.2, -0.15) is 0 Å². The molecule has 0 unspecified atom stereocenters. The molecule has 3 aromatic carbocycles. The molecule has 0 atom stereocenters.